The Hall–Kier alpha value is -1.67. The molecule has 98 valence electrons. The first-order valence-electron chi connectivity index (χ1n) is 5.22. The molecule has 0 aliphatic carbocycles. The van der Waals surface area contributed by atoms with Crippen molar-refractivity contribution in [3.63, 3.8) is 0 Å². The Morgan fingerprint density at radius 3 is 2.78 bits per heavy atom. The van der Waals surface area contributed by atoms with Crippen LogP contribution in [0.3, 0.4) is 0 Å². The maximum absolute atomic E-state index is 12.4. The van der Waals surface area contributed by atoms with Crippen LogP contribution in [0.15, 0.2) is 18.5 Å². The van der Waals surface area contributed by atoms with Gasteiger partial charge in [-0.3, -0.25) is 0 Å². The van der Waals surface area contributed by atoms with E-state index in [1.807, 2.05) is 0 Å². The summed E-state index contributed by atoms with van der Waals surface area (Å²) in [6, 6.07) is 0.846. The summed E-state index contributed by atoms with van der Waals surface area (Å²) >= 11 is 0. The molecular formula is C10H11F3N4O. The van der Waals surface area contributed by atoms with Gasteiger partial charge in [0.25, 0.3) is 0 Å². The Kier molecular flexibility index (Phi) is 3.22. The van der Waals surface area contributed by atoms with Crippen molar-refractivity contribution in [3.8, 4) is 0 Å². The largest absolute Gasteiger partial charge is 0.435 e. The quantitative estimate of drug-likeness (QED) is 0.867. The van der Waals surface area contributed by atoms with Gasteiger partial charge < -0.3 is 10.8 Å². The van der Waals surface area contributed by atoms with Crippen molar-refractivity contribution < 1.29 is 18.3 Å². The molecule has 1 unspecified atom stereocenters. The molecule has 2 aromatic rings. The number of rotatable bonds is 3. The van der Waals surface area contributed by atoms with Gasteiger partial charge >= 0.3 is 6.18 Å². The van der Waals surface area contributed by atoms with Crippen molar-refractivity contribution in [3.05, 3.63) is 29.7 Å². The molecule has 0 aromatic carbocycles. The molecule has 0 radical (unpaired) electrons. The third kappa shape index (κ3) is 2.44. The van der Waals surface area contributed by atoms with Crippen LogP contribution in [0.5, 0.6) is 0 Å². The Morgan fingerprint density at radius 2 is 2.17 bits per heavy atom. The topological polar surface area (TPSA) is 76.4 Å². The summed E-state index contributed by atoms with van der Waals surface area (Å²) in [6.07, 6.45) is -2.43. The molecule has 1 atom stereocenters. The maximum Gasteiger partial charge on any atom is 0.435 e. The minimum absolute atomic E-state index is 0.0750. The standard InChI is InChI=1S/C10H11F3N4O/c11-10(12,13)8-3-9-15-4-6(5-17(9)16-8)7(18)1-2-14/h3-5,7,18H,1-2,14H2. The summed E-state index contributed by atoms with van der Waals surface area (Å²) in [4.78, 5) is 3.82. The summed E-state index contributed by atoms with van der Waals surface area (Å²) in [5, 5.41) is 13.0. The highest BCUT2D eigenvalue weighted by Crippen LogP contribution is 2.28. The van der Waals surface area contributed by atoms with Gasteiger partial charge in [0.1, 0.15) is 0 Å². The summed E-state index contributed by atoms with van der Waals surface area (Å²) in [7, 11) is 0. The third-order valence-corrected chi connectivity index (χ3v) is 2.45. The van der Waals surface area contributed by atoms with Crippen molar-refractivity contribution in [2.24, 2.45) is 5.73 Å². The average molecular weight is 260 g/mol. The van der Waals surface area contributed by atoms with Gasteiger partial charge in [-0.2, -0.15) is 18.3 Å². The van der Waals surface area contributed by atoms with Crippen molar-refractivity contribution >= 4 is 5.65 Å². The van der Waals surface area contributed by atoms with Gasteiger partial charge in [-0.1, -0.05) is 0 Å². The van der Waals surface area contributed by atoms with Gasteiger partial charge in [0.15, 0.2) is 11.3 Å². The van der Waals surface area contributed by atoms with Gasteiger partial charge in [0.05, 0.1) is 6.10 Å². The molecule has 8 heteroatoms. The predicted octanol–water partition coefficient (Wildman–Crippen LogP) is 1.13. The fourth-order valence-electron chi connectivity index (χ4n) is 1.53. The monoisotopic (exact) mass is 260 g/mol. The molecule has 0 saturated heterocycles. The second-order valence-electron chi connectivity index (χ2n) is 3.81. The highest BCUT2D eigenvalue weighted by Gasteiger charge is 2.34. The Labute approximate surface area is 100 Å². The number of hydrogen-bond acceptors (Lipinski definition) is 4. The molecule has 0 aliphatic heterocycles. The summed E-state index contributed by atoms with van der Waals surface area (Å²) < 4.78 is 38.3. The van der Waals surface area contributed by atoms with Crippen LogP contribution in [-0.2, 0) is 6.18 Å². The molecular weight excluding hydrogens is 249 g/mol. The molecule has 0 bridgehead atoms. The van der Waals surface area contributed by atoms with E-state index in [1.165, 1.54) is 12.4 Å². The van der Waals surface area contributed by atoms with E-state index < -0.39 is 18.0 Å². The van der Waals surface area contributed by atoms with E-state index in [0.29, 0.717) is 12.0 Å². The second-order valence-corrected chi connectivity index (χ2v) is 3.81. The number of hydrogen-bond donors (Lipinski definition) is 2. The molecule has 18 heavy (non-hydrogen) atoms. The van der Waals surface area contributed by atoms with Crippen LogP contribution in [0, 0.1) is 0 Å². The number of nitrogens with zero attached hydrogens (tertiary/aromatic N) is 3. The van der Waals surface area contributed by atoms with Crippen LogP contribution in [0.25, 0.3) is 5.65 Å². The van der Waals surface area contributed by atoms with Crippen molar-refractivity contribution in [2.75, 3.05) is 6.54 Å². The Balaban J connectivity index is 2.40. The SMILES string of the molecule is NCCC(O)c1cnc2cc(C(F)(F)F)nn2c1. The fraction of sp³-hybridized carbons (Fsp3) is 0.400. The number of aliphatic hydroxyl groups is 1. The molecule has 3 N–H and O–H groups in total. The van der Waals surface area contributed by atoms with Gasteiger partial charge in [-0.05, 0) is 13.0 Å². The van der Waals surface area contributed by atoms with Crippen LogP contribution in [-0.4, -0.2) is 26.2 Å². The van der Waals surface area contributed by atoms with E-state index in [9.17, 15) is 18.3 Å². The number of nitrogens with two attached hydrogens (primary N) is 1. The zero-order valence-corrected chi connectivity index (χ0v) is 9.22. The van der Waals surface area contributed by atoms with Crippen molar-refractivity contribution in [2.45, 2.75) is 18.7 Å². The lowest BCUT2D eigenvalue weighted by molar-refractivity contribution is -0.141. The molecule has 0 saturated carbocycles. The molecule has 2 aromatic heterocycles. The van der Waals surface area contributed by atoms with Crippen LogP contribution < -0.4 is 5.73 Å². The molecule has 0 spiro atoms. The number of aliphatic hydroxyl groups excluding tert-OH is 1. The van der Waals surface area contributed by atoms with Crippen LogP contribution in [0.4, 0.5) is 13.2 Å². The van der Waals surface area contributed by atoms with Gasteiger partial charge in [-0.25, -0.2) is 9.50 Å². The third-order valence-electron chi connectivity index (χ3n) is 2.45. The lowest BCUT2D eigenvalue weighted by Crippen LogP contribution is -2.08. The molecule has 0 amide bonds. The normalized spacial score (nSPS) is 14.1. The summed E-state index contributed by atoms with van der Waals surface area (Å²) in [5.41, 5.74) is 4.73. The van der Waals surface area contributed by atoms with Crippen molar-refractivity contribution in [1.82, 2.24) is 14.6 Å². The smallest absolute Gasteiger partial charge is 0.388 e. The minimum Gasteiger partial charge on any atom is -0.388 e. The molecule has 2 heterocycles. The number of aromatic nitrogens is 3. The Morgan fingerprint density at radius 1 is 1.44 bits per heavy atom. The number of fused-ring (bicyclic) bond motifs is 1. The second kappa shape index (κ2) is 4.54. The van der Waals surface area contributed by atoms with Gasteiger partial charge in [0, 0.05) is 24.0 Å². The van der Waals surface area contributed by atoms with E-state index in [1.54, 1.807) is 0 Å². The number of halogens is 3. The fourth-order valence-corrected chi connectivity index (χ4v) is 1.53. The maximum atomic E-state index is 12.4. The van der Waals surface area contributed by atoms with Crippen LogP contribution in [0.2, 0.25) is 0 Å². The lowest BCUT2D eigenvalue weighted by Gasteiger charge is -2.08. The highest BCUT2D eigenvalue weighted by atomic mass is 19.4. The molecule has 5 nitrogen and oxygen atoms in total. The molecule has 0 fully saturated rings. The minimum atomic E-state index is -4.51. The van der Waals surface area contributed by atoms with Crippen LogP contribution >= 0.6 is 0 Å². The zero-order valence-electron chi connectivity index (χ0n) is 9.22. The summed E-state index contributed by atoms with van der Waals surface area (Å²) in [6.45, 7) is 0.270. The van der Waals surface area contributed by atoms with E-state index >= 15 is 0 Å². The van der Waals surface area contributed by atoms with Gasteiger partial charge in [-0.15, -0.1) is 0 Å². The highest BCUT2D eigenvalue weighted by molar-refractivity contribution is 5.40. The first-order valence-corrected chi connectivity index (χ1v) is 5.22. The van der Waals surface area contributed by atoms with E-state index in [4.69, 9.17) is 5.73 Å². The number of alkyl halides is 3. The predicted molar refractivity (Wildman–Crippen MR) is 56.6 cm³/mol. The lowest BCUT2D eigenvalue weighted by atomic mass is 10.1. The average Bonchev–Trinajstić information content (AvgIpc) is 2.71. The molecule has 2 rings (SSSR count). The van der Waals surface area contributed by atoms with Crippen LogP contribution in [0.1, 0.15) is 23.8 Å². The first-order chi connectivity index (χ1) is 8.41. The van der Waals surface area contributed by atoms with E-state index in [-0.39, 0.29) is 12.2 Å². The van der Waals surface area contributed by atoms with Crippen molar-refractivity contribution in [1.29, 1.82) is 0 Å². The summed E-state index contributed by atoms with van der Waals surface area (Å²) in [5.74, 6) is 0. The Bertz CT molecular complexity index is 552. The zero-order chi connectivity index (χ0) is 13.3. The molecule has 0 aliphatic rings. The van der Waals surface area contributed by atoms with Gasteiger partial charge in [0.2, 0.25) is 0 Å². The first kappa shape index (κ1) is 12.8. The van der Waals surface area contributed by atoms with E-state index in [2.05, 4.69) is 10.1 Å². The van der Waals surface area contributed by atoms with E-state index in [0.717, 1.165) is 10.6 Å².